The Kier molecular flexibility index (Phi) is 5.28. The topological polar surface area (TPSA) is 57.5 Å². The summed E-state index contributed by atoms with van der Waals surface area (Å²) in [4.78, 5) is 10.6. The number of carbonyl (C=O) groups excluding carboxylic acids is 1. The second-order valence-corrected chi connectivity index (χ2v) is 4.64. The van der Waals surface area contributed by atoms with Crippen molar-refractivity contribution in [2.24, 2.45) is 0 Å². The van der Waals surface area contributed by atoms with Gasteiger partial charge in [0, 0.05) is 29.7 Å². The van der Waals surface area contributed by atoms with Crippen molar-refractivity contribution < 1.29 is 15.0 Å². The first-order valence-corrected chi connectivity index (χ1v) is 6.69. The fourth-order valence-corrected chi connectivity index (χ4v) is 1.87. The monoisotopic (exact) mass is 280 g/mol. The van der Waals surface area contributed by atoms with Crippen LogP contribution in [0.15, 0.2) is 48.5 Å². The molecule has 2 rings (SSSR count). The third-order valence-corrected chi connectivity index (χ3v) is 3.10. The summed E-state index contributed by atoms with van der Waals surface area (Å²) in [7, 11) is 0. The summed E-state index contributed by atoms with van der Waals surface area (Å²) < 4.78 is 0. The van der Waals surface area contributed by atoms with Gasteiger partial charge in [-0.25, -0.2) is 0 Å². The highest BCUT2D eigenvalue weighted by molar-refractivity contribution is 5.74. The number of aliphatic hydroxyl groups excluding tert-OH is 2. The van der Waals surface area contributed by atoms with Crippen LogP contribution in [0.1, 0.15) is 39.6 Å². The minimum Gasteiger partial charge on any atom is -0.396 e. The number of hydrogen-bond acceptors (Lipinski definition) is 3. The average molecular weight is 280 g/mol. The third kappa shape index (κ3) is 4.28. The van der Waals surface area contributed by atoms with E-state index in [1.165, 1.54) is 0 Å². The van der Waals surface area contributed by atoms with E-state index in [9.17, 15) is 9.90 Å². The van der Waals surface area contributed by atoms with Crippen LogP contribution in [0.2, 0.25) is 0 Å². The van der Waals surface area contributed by atoms with Crippen molar-refractivity contribution in [3.05, 3.63) is 70.8 Å². The summed E-state index contributed by atoms with van der Waals surface area (Å²) in [5.41, 5.74) is 3.08. The van der Waals surface area contributed by atoms with Crippen molar-refractivity contribution in [2.45, 2.75) is 12.5 Å². The van der Waals surface area contributed by atoms with E-state index in [0.717, 1.165) is 23.0 Å². The number of rotatable bonds is 4. The highest BCUT2D eigenvalue weighted by Gasteiger charge is 2.05. The van der Waals surface area contributed by atoms with Crippen molar-refractivity contribution in [3.63, 3.8) is 0 Å². The number of carbonyl (C=O) groups is 1. The Bertz CT molecular complexity index is 646. The fourth-order valence-electron chi connectivity index (χ4n) is 1.87. The molecule has 2 aromatic rings. The largest absolute Gasteiger partial charge is 0.396 e. The van der Waals surface area contributed by atoms with E-state index >= 15 is 0 Å². The second kappa shape index (κ2) is 7.39. The summed E-state index contributed by atoms with van der Waals surface area (Å²) >= 11 is 0. The van der Waals surface area contributed by atoms with Gasteiger partial charge in [-0.2, -0.15) is 0 Å². The molecule has 0 saturated carbocycles. The minimum absolute atomic E-state index is 0.0422. The van der Waals surface area contributed by atoms with Gasteiger partial charge in [0.1, 0.15) is 6.29 Å². The molecule has 0 aromatic heterocycles. The van der Waals surface area contributed by atoms with Crippen molar-refractivity contribution >= 4 is 6.29 Å². The zero-order valence-electron chi connectivity index (χ0n) is 11.5. The van der Waals surface area contributed by atoms with Crippen molar-refractivity contribution in [2.75, 3.05) is 6.61 Å². The molecule has 0 unspecified atom stereocenters. The molecule has 3 heteroatoms. The molecule has 0 heterocycles. The molecule has 0 amide bonds. The van der Waals surface area contributed by atoms with Crippen LogP contribution in [0, 0.1) is 11.8 Å². The van der Waals surface area contributed by atoms with Gasteiger partial charge in [0.15, 0.2) is 0 Å². The molecule has 0 radical (unpaired) electrons. The Morgan fingerprint density at radius 3 is 1.95 bits per heavy atom. The second-order valence-electron chi connectivity index (χ2n) is 4.64. The maximum absolute atomic E-state index is 10.6. The molecule has 3 nitrogen and oxygen atoms in total. The molecule has 0 fully saturated rings. The minimum atomic E-state index is -0.645. The first-order chi connectivity index (χ1) is 10.2. The predicted molar refractivity (Wildman–Crippen MR) is 80.9 cm³/mol. The lowest BCUT2D eigenvalue weighted by molar-refractivity contribution is 0.112. The van der Waals surface area contributed by atoms with Gasteiger partial charge in [-0.3, -0.25) is 4.79 Å². The first kappa shape index (κ1) is 15.0. The van der Waals surface area contributed by atoms with Crippen LogP contribution in [0.4, 0.5) is 0 Å². The average Bonchev–Trinajstić information content (AvgIpc) is 2.54. The molecule has 0 aliphatic rings. The molecule has 0 aliphatic carbocycles. The maximum Gasteiger partial charge on any atom is 0.150 e. The smallest absolute Gasteiger partial charge is 0.150 e. The Morgan fingerprint density at radius 1 is 0.952 bits per heavy atom. The zero-order valence-corrected chi connectivity index (χ0v) is 11.5. The Balaban J connectivity index is 2.09. The van der Waals surface area contributed by atoms with Gasteiger partial charge >= 0.3 is 0 Å². The van der Waals surface area contributed by atoms with Gasteiger partial charge in [-0.15, -0.1) is 0 Å². The van der Waals surface area contributed by atoms with Gasteiger partial charge in [-0.05, 0) is 29.8 Å². The summed E-state index contributed by atoms with van der Waals surface area (Å²) in [6, 6.07) is 14.3. The number of aldehydes is 1. The standard InChI is InChI=1S/C18H16O3/c19-12-11-18(21)17-9-7-15(8-10-17)2-1-14-3-5-16(13-20)6-4-14/h3-10,13,18-19,21H,11-12H2/t18-/m1/s1. The highest BCUT2D eigenvalue weighted by Crippen LogP contribution is 2.16. The van der Waals surface area contributed by atoms with Crippen LogP contribution in [0.5, 0.6) is 0 Å². The van der Waals surface area contributed by atoms with Gasteiger partial charge in [0.05, 0.1) is 6.10 Å². The van der Waals surface area contributed by atoms with Crippen LogP contribution < -0.4 is 0 Å². The molecule has 2 aromatic carbocycles. The van der Waals surface area contributed by atoms with Gasteiger partial charge in [-0.1, -0.05) is 36.1 Å². The highest BCUT2D eigenvalue weighted by atomic mass is 16.3. The Morgan fingerprint density at radius 2 is 1.48 bits per heavy atom. The van der Waals surface area contributed by atoms with E-state index in [1.807, 2.05) is 12.1 Å². The van der Waals surface area contributed by atoms with Gasteiger partial charge in [0.25, 0.3) is 0 Å². The van der Waals surface area contributed by atoms with E-state index in [-0.39, 0.29) is 6.61 Å². The molecule has 0 saturated heterocycles. The van der Waals surface area contributed by atoms with E-state index in [1.54, 1.807) is 36.4 Å². The maximum atomic E-state index is 10.6. The third-order valence-electron chi connectivity index (χ3n) is 3.10. The van der Waals surface area contributed by atoms with Crippen LogP contribution >= 0.6 is 0 Å². The molecule has 0 aliphatic heterocycles. The summed E-state index contributed by atoms with van der Waals surface area (Å²) in [5, 5.41) is 18.5. The van der Waals surface area contributed by atoms with Crippen LogP contribution in [-0.2, 0) is 0 Å². The van der Waals surface area contributed by atoms with Crippen LogP contribution in [0.25, 0.3) is 0 Å². The molecule has 0 bridgehead atoms. The lowest BCUT2D eigenvalue weighted by Crippen LogP contribution is -1.99. The lowest BCUT2D eigenvalue weighted by atomic mass is 10.0. The number of aliphatic hydroxyl groups is 2. The fraction of sp³-hybridized carbons (Fsp3) is 0.167. The number of hydrogen-bond donors (Lipinski definition) is 2. The molecule has 1 atom stereocenters. The van der Waals surface area contributed by atoms with Crippen molar-refractivity contribution in [1.82, 2.24) is 0 Å². The first-order valence-electron chi connectivity index (χ1n) is 6.69. The summed E-state index contributed by atoms with van der Waals surface area (Å²) in [6.45, 7) is -0.0422. The number of benzene rings is 2. The SMILES string of the molecule is O=Cc1ccc(C#Cc2ccc([C@H](O)CCO)cc2)cc1. The molecule has 0 spiro atoms. The van der Waals surface area contributed by atoms with Crippen molar-refractivity contribution in [3.8, 4) is 11.8 Å². The van der Waals surface area contributed by atoms with E-state index in [2.05, 4.69) is 11.8 Å². The van der Waals surface area contributed by atoms with E-state index in [0.29, 0.717) is 12.0 Å². The zero-order chi connectivity index (χ0) is 15.1. The summed E-state index contributed by atoms with van der Waals surface area (Å²) in [6.07, 6.45) is 0.481. The Hall–Kier alpha value is -2.41. The van der Waals surface area contributed by atoms with E-state index in [4.69, 9.17) is 5.11 Å². The predicted octanol–water partition coefficient (Wildman–Crippen LogP) is 2.31. The molecule has 21 heavy (non-hydrogen) atoms. The quantitative estimate of drug-likeness (QED) is 0.667. The van der Waals surface area contributed by atoms with Crippen molar-refractivity contribution in [1.29, 1.82) is 0 Å². The summed E-state index contributed by atoms with van der Waals surface area (Å²) in [5.74, 6) is 6.04. The van der Waals surface area contributed by atoms with E-state index < -0.39 is 6.10 Å². The van der Waals surface area contributed by atoms with Gasteiger partial charge in [0.2, 0.25) is 0 Å². The van der Waals surface area contributed by atoms with Crippen LogP contribution in [0.3, 0.4) is 0 Å². The molecule has 2 N–H and O–H groups in total. The molecular weight excluding hydrogens is 264 g/mol. The molecule has 106 valence electrons. The molecular formula is C18H16O3. The van der Waals surface area contributed by atoms with Crippen LogP contribution in [-0.4, -0.2) is 23.1 Å². The lowest BCUT2D eigenvalue weighted by Gasteiger charge is -2.08. The normalized spacial score (nSPS) is 11.3. The Labute approximate surface area is 123 Å². The van der Waals surface area contributed by atoms with Gasteiger partial charge < -0.3 is 10.2 Å².